The summed E-state index contributed by atoms with van der Waals surface area (Å²) in [7, 11) is 1.52. The molecular weight excluding hydrogens is 304 g/mol. The fourth-order valence-corrected chi connectivity index (χ4v) is 3.15. The lowest BCUT2D eigenvalue weighted by molar-refractivity contribution is -0.143. The van der Waals surface area contributed by atoms with E-state index >= 15 is 0 Å². The minimum atomic E-state index is -0.751. The number of ether oxygens (including phenoxy) is 2. The Bertz CT molecular complexity index is 599. The molecule has 5 nitrogen and oxygen atoms in total. The van der Waals surface area contributed by atoms with Gasteiger partial charge in [0.1, 0.15) is 17.4 Å². The predicted octanol–water partition coefficient (Wildman–Crippen LogP) is 4.02. The zero-order valence-electron chi connectivity index (χ0n) is 14.6. The van der Waals surface area contributed by atoms with Gasteiger partial charge in [-0.15, -0.1) is 0 Å². The third-order valence-electron chi connectivity index (χ3n) is 4.49. The SMILES string of the molecule is CCCOC1(C(=O)Nc2ccc(OC)c(C#N)c2)CCCCCC1. The van der Waals surface area contributed by atoms with Gasteiger partial charge in [0.25, 0.3) is 5.91 Å². The molecule has 1 fully saturated rings. The van der Waals surface area contributed by atoms with Gasteiger partial charge in [-0.1, -0.05) is 32.6 Å². The summed E-state index contributed by atoms with van der Waals surface area (Å²) >= 11 is 0. The Balaban J connectivity index is 2.19. The second kappa shape index (κ2) is 8.70. The Kier molecular flexibility index (Phi) is 6.62. The molecule has 0 bridgehead atoms. The van der Waals surface area contributed by atoms with Gasteiger partial charge in [0.2, 0.25) is 0 Å². The highest BCUT2D eigenvalue weighted by Gasteiger charge is 2.39. The molecule has 130 valence electrons. The number of rotatable bonds is 6. The van der Waals surface area contributed by atoms with E-state index in [9.17, 15) is 10.1 Å². The van der Waals surface area contributed by atoms with Crippen LogP contribution in [0.3, 0.4) is 0 Å². The molecule has 0 spiro atoms. The Morgan fingerprint density at radius 1 is 1.29 bits per heavy atom. The van der Waals surface area contributed by atoms with Gasteiger partial charge in [0.05, 0.1) is 12.7 Å². The summed E-state index contributed by atoms with van der Waals surface area (Å²) in [5.74, 6) is 0.397. The molecule has 0 saturated heterocycles. The molecule has 1 aliphatic rings. The van der Waals surface area contributed by atoms with Crippen molar-refractivity contribution >= 4 is 11.6 Å². The minimum Gasteiger partial charge on any atom is -0.495 e. The van der Waals surface area contributed by atoms with Gasteiger partial charge in [-0.25, -0.2) is 0 Å². The number of hydrogen-bond acceptors (Lipinski definition) is 4. The van der Waals surface area contributed by atoms with E-state index in [2.05, 4.69) is 11.4 Å². The standard InChI is InChI=1S/C19H26N2O3/c1-3-12-24-19(10-6-4-5-7-11-19)18(22)21-16-8-9-17(23-2)15(13-16)14-20/h8-9,13H,3-7,10-12H2,1-2H3,(H,21,22). The Labute approximate surface area is 144 Å². The molecular formula is C19H26N2O3. The average molecular weight is 330 g/mol. The van der Waals surface area contributed by atoms with E-state index in [4.69, 9.17) is 9.47 Å². The van der Waals surface area contributed by atoms with Crippen LogP contribution in [-0.4, -0.2) is 25.2 Å². The summed E-state index contributed by atoms with van der Waals surface area (Å²) in [6.45, 7) is 2.63. The van der Waals surface area contributed by atoms with Gasteiger partial charge in [0, 0.05) is 12.3 Å². The molecule has 1 N–H and O–H groups in total. The molecule has 0 radical (unpaired) electrons. The van der Waals surface area contributed by atoms with Gasteiger partial charge in [0.15, 0.2) is 0 Å². The van der Waals surface area contributed by atoms with Crippen LogP contribution in [0.4, 0.5) is 5.69 Å². The number of carbonyl (C=O) groups excluding carboxylic acids is 1. The molecule has 0 heterocycles. The minimum absolute atomic E-state index is 0.105. The summed E-state index contributed by atoms with van der Waals surface area (Å²) in [4.78, 5) is 13.0. The van der Waals surface area contributed by atoms with Crippen molar-refractivity contribution in [1.29, 1.82) is 5.26 Å². The summed E-state index contributed by atoms with van der Waals surface area (Å²) in [5, 5.41) is 12.1. The largest absolute Gasteiger partial charge is 0.495 e. The summed E-state index contributed by atoms with van der Waals surface area (Å²) in [6, 6.07) is 7.17. The number of nitriles is 1. The fourth-order valence-electron chi connectivity index (χ4n) is 3.15. The maximum Gasteiger partial charge on any atom is 0.256 e. The Morgan fingerprint density at radius 2 is 2.00 bits per heavy atom. The highest BCUT2D eigenvalue weighted by molar-refractivity contribution is 5.97. The fraction of sp³-hybridized carbons (Fsp3) is 0.579. The number of anilines is 1. The molecule has 0 aromatic heterocycles. The maximum atomic E-state index is 13.0. The monoisotopic (exact) mass is 330 g/mol. The first-order chi connectivity index (χ1) is 11.6. The second-order valence-electron chi connectivity index (χ2n) is 6.24. The van der Waals surface area contributed by atoms with Crippen LogP contribution in [0.15, 0.2) is 18.2 Å². The number of nitrogens with one attached hydrogen (secondary N) is 1. The average Bonchev–Trinajstić information content (AvgIpc) is 2.86. The van der Waals surface area contributed by atoms with Crippen molar-refractivity contribution in [2.45, 2.75) is 57.5 Å². The van der Waals surface area contributed by atoms with Gasteiger partial charge in [-0.3, -0.25) is 4.79 Å². The number of amides is 1. The van der Waals surface area contributed by atoms with Gasteiger partial charge in [-0.2, -0.15) is 5.26 Å². The van der Waals surface area contributed by atoms with Crippen molar-refractivity contribution in [3.8, 4) is 11.8 Å². The second-order valence-corrected chi connectivity index (χ2v) is 6.24. The predicted molar refractivity (Wildman–Crippen MR) is 93.0 cm³/mol. The van der Waals surface area contributed by atoms with E-state index in [1.54, 1.807) is 18.2 Å². The van der Waals surface area contributed by atoms with Crippen LogP contribution in [0.1, 0.15) is 57.4 Å². The Hall–Kier alpha value is -2.06. The molecule has 1 aliphatic carbocycles. The van der Waals surface area contributed by atoms with Crippen LogP contribution >= 0.6 is 0 Å². The smallest absolute Gasteiger partial charge is 0.256 e. The van der Waals surface area contributed by atoms with Crippen LogP contribution in [0.25, 0.3) is 0 Å². The third kappa shape index (κ3) is 4.27. The Morgan fingerprint density at radius 3 is 2.58 bits per heavy atom. The molecule has 2 rings (SSSR count). The van der Waals surface area contributed by atoms with Crippen LogP contribution in [0.2, 0.25) is 0 Å². The van der Waals surface area contributed by atoms with E-state index in [-0.39, 0.29) is 5.91 Å². The first kappa shape index (κ1) is 18.3. The van der Waals surface area contributed by atoms with Crippen molar-refractivity contribution in [3.63, 3.8) is 0 Å². The zero-order chi connectivity index (χ0) is 17.4. The highest BCUT2D eigenvalue weighted by Crippen LogP contribution is 2.32. The highest BCUT2D eigenvalue weighted by atomic mass is 16.5. The van der Waals surface area contributed by atoms with Crippen LogP contribution in [0, 0.1) is 11.3 Å². The molecule has 1 aromatic carbocycles. The molecule has 5 heteroatoms. The van der Waals surface area contributed by atoms with E-state index in [1.807, 2.05) is 6.92 Å². The number of nitrogens with zero attached hydrogens (tertiary/aromatic N) is 1. The van der Waals surface area contributed by atoms with Crippen molar-refractivity contribution in [3.05, 3.63) is 23.8 Å². The maximum absolute atomic E-state index is 13.0. The van der Waals surface area contributed by atoms with Crippen molar-refractivity contribution < 1.29 is 14.3 Å². The van der Waals surface area contributed by atoms with Crippen molar-refractivity contribution in [2.24, 2.45) is 0 Å². The van der Waals surface area contributed by atoms with Gasteiger partial charge in [-0.05, 0) is 37.5 Å². The van der Waals surface area contributed by atoms with Crippen LogP contribution in [-0.2, 0) is 9.53 Å². The van der Waals surface area contributed by atoms with Gasteiger partial charge < -0.3 is 14.8 Å². The van der Waals surface area contributed by atoms with E-state index < -0.39 is 5.60 Å². The molecule has 1 aromatic rings. The van der Waals surface area contributed by atoms with E-state index in [0.717, 1.165) is 44.9 Å². The molecule has 0 unspecified atom stereocenters. The lowest BCUT2D eigenvalue weighted by Gasteiger charge is -2.31. The van der Waals surface area contributed by atoms with Crippen molar-refractivity contribution in [1.82, 2.24) is 0 Å². The number of benzene rings is 1. The van der Waals surface area contributed by atoms with E-state index in [0.29, 0.717) is 23.6 Å². The summed E-state index contributed by atoms with van der Waals surface area (Å²) in [6.07, 6.45) is 6.68. The normalized spacial score (nSPS) is 16.7. The van der Waals surface area contributed by atoms with E-state index in [1.165, 1.54) is 7.11 Å². The van der Waals surface area contributed by atoms with Crippen molar-refractivity contribution in [2.75, 3.05) is 19.0 Å². The first-order valence-electron chi connectivity index (χ1n) is 8.69. The molecule has 0 aliphatic heterocycles. The summed E-state index contributed by atoms with van der Waals surface area (Å²) in [5.41, 5.74) is 0.250. The molecule has 1 amide bonds. The third-order valence-corrected chi connectivity index (χ3v) is 4.49. The number of methoxy groups -OCH3 is 1. The quantitative estimate of drug-likeness (QED) is 0.800. The molecule has 1 saturated carbocycles. The summed E-state index contributed by atoms with van der Waals surface area (Å²) < 4.78 is 11.2. The van der Waals surface area contributed by atoms with Crippen LogP contribution in [0.5, 0.6) is 5.75 Å². The molecule has 0 atom stereocenters. The molecule has 24 heavy (non-hydrogen) atoms. The zero-order valence-corrected chi connectivity index (χ0v) is 14.6. The topological polar surface area (TPSA) is 71.3 Å². The number of carbonyl (C=O) groups is 1. The van der Waals surface area contributed by atoms with Crippen LogP contribution < -0.4 is 10.1 Å². The lowest BCUT2D eigenvalue weighted by Crippen LogP contribution is -2.45. The first-order valence-corrected chi connectivity index (χ1v) is 8.69. The number of hydrogen-bond donors (Lipinski definition) is 1. The van der Waals surface area contributed by atoms with Gasteiger partial charge >= 0.3 is 0 Å². The lowest BCUT2D eigenvalue weighted by atomic mass is 9.92.